The van der Waals surface area contributed by atoms with Crippen LogP contribution in [0.15, 0.2) is 45.6 Å². The third kappa shape index (κ3) is 3.45. The standard InChI is InChI=1S/C18H17ClFN3O2/c19-15-2-1-3-16(20)14(15)10-23-7-4-12(5-8-23)17-21-22-18(25-17)13-6-9-24-11-13/h1-3,6,9,11-12H,4-5,7-8,10H2. The quantitative estimate of drug-likeness (QED) is 0.684. The van der Waals surface area contributed by atoms with Crippen LogP contribution in [0.4, 0.5) is 4.39 Å². The fourth-order valence-corrected chi connectivity index (χ4v) is 3.37. The molecule has 0 spiro atoms. The number of nitrogens with zero attached hydrogens (tertiary/aromatic N) is 3. The van der Waals surface area contributed by atoms with E-state index < -0.39 is 0 Å². The first-order chi connectivity index (χ1) is 12.2. The number of hydrogen-bond donors (Lipinski definition) is 0. The Morgan fingerprint density at radius 2 is 2.04 bits per heavy atom. The molecule has 130 valence electrons. The van der Waals surface area contributed by atoms with Crippen LogP contribution in [0.3, 0.4) is 0 Å². The number of furan rings is 1. The Bertz CT molecular complexity index is 822. The van der Waals surface area contributed by atoms with Crippen molar-refractivity contribution >= 4 is 11.6 Å². The first-order valence-electron chi connectivity index (χ1n) is 8.22. The molecular formula is C18H17ClFN3O2. The van der Waals surface area contributed by atoms with Gasteiger partial charge in [-0.15, -0.1) is 10.2 Å². The first-order valence-corrected chi connectivity index (χ1v) is 8.59. The van der Waals surface area contributed by atoms with Gasteiger partial charge in [0.1, 0.15) is 12.1 Å². The van der Waals surface area contributed by atoms with Gasteiger partial charge in [-0.3, -0.25) is 4.90 Å². The van der Waals surface area contributed by atoms with E-state index in [4.69, 9.17) is 20.4 Å². The molecule has 0 atom stereocenters. The summed E-state index contributed by atoms with van der Waals surface area (Å²) in [6.07, 6.45) is 4.93. The van der Waals surface area contributed by atoms with E-state index in [1.165, 1.54) is 6.07 Å². The highest BCUT2D eigenvalue weighted by Gasteiger charge is 2.26. The molecule has 1 aliphatic rings. The summed E-state index contributed by atoms with van der Waals surface area (Å²) < 4.78 is 24.7. The van der Waals surface area contributed by atoms with Gasteiger partial charge in [0, 0.05) is 23.0 Å². The van der Waals surface area contributed by atoms with Crippen LogP contribution in [0.25, 0.3) is 11.5 Å². The Kier molecular flexibility index (Phi) is 4.55. The summed E-state index contributed by atoms with van der Waals surface area (Å²) in [6.45, 7) is 2.18. The molecule has 5 nitrogen and oxygen atoms in total. The molecule has 3 heterocycles. The third-order valence-electron chi connectivity index (χ3n) is 4.59. The number of aromatic nitrogens is 2. The fourth-order valence-electron chi connectivity index (χ4n) is 3.15. The third-order valence-corrected chi connectivity index (χ3v) is 4.94. The van der Waals surface area contributed by atoms with E-state index in [0.717, 1.165) is 31.5 Å². The molecule has 4 rings (SSSR count). The number of benzene rings is 1. The zero-order valence-electron chi connectivity index (χ0n) is 13.5. The van der Waals surface area contributed by atoms with Gasteiger partial charge >= 0.3 is 0 Å². The van der Waals surface area contributed by atoms with Gasteiger partial charge in [-0.25, -0.2) is 4.39 Å². The average molecular weight is 362 g/mol. The zero-order valence-corrected chi connectivity index (χ0v) is 14.2. The van der Waals surface area contributed by atoms with E-state index in [9.17, 15) is 4.39 Å². The molecule has 0 radical (unpaired) electrons. The molecule has 0 amide bonds. The second kappa shape index (κ2) is 6.98. The summed E-state index contributed by atoms with van der Waals surface area (Å²) in [4.78, 5) is 2.20. The van der Waals surface area contributed by atoms with E-state index in [1.54, 1.807) is 30.7 Å². The molecule has 7 heteroatoms. The van der Waals surface area contributed by atoms with Crippen LogP contribution in [0, 0.1) is 5.82 Å². The number of hydrogen-bond acceptors (Lipinski definition) is 5. The lowest BCUT2D eigenvalue weighted by molar-refractivity contribution is 0.191. The monoisotopic (exact) mass is 361 g/mol. The highest BCUT2D eigenvalue weighted by Crippen LogP contribution is 2.31. The van der Waals surface area contributed by atoms with Crippen molar-refractivity contribution in [2.24, 2.45) is 0 Å². The Morgan fingerprint density at radius 3 is 2.76 bits per heavy atom. The van der Waals surface area contributed by atoms with Gasteiger partial charge in [0.2, 0.25) is 5.89 Å². The van der Waals surface area contributed by atoms with E-state index in [-0.39, 0.29) is 11.7 Å². The molecule has 1 fully saturated rings. The maximum atomic E-state index is 13.9. The van der Waals surface area contributed by atoms with Gasteiger partial charge in [0.05, 0.1) is 11.8 Å². The van der Waals surface area contributed by atoms with Crippen molar-refractivity contribution in [1.29, 1.82) is 0 Å². The molecule has 0 aliphatic carbocycles. The highest BCUT2D eigenvalue weighted by atomic mass is 35.5. The first kappa shape index (κ1) is 16.3. The molecule has 0 N–H and O–H groups in total. The lowest BCUT2D eigenvalue weighted by Gasteiger charge is -2.30. The maximum absolute atomic E-state index is 13.9. The van der Waals surface area contributed by atoms with Crippen molar-refractivity contribution in [2.75, 3.05) is 13.1 Å². The Hall–Kier alpha value is -2.18. The average Bonchev–Trinajstić information content (AvgIpc) is 3.30. The molecule has 1 aliphatic heterocycles. The lowest BCUT2D eigenvalue weighted by atomic mass is 9.96. The van der Waals surface area contributed by atoms with Gasteiger partial charge in [-0.2, -0.15) is 0 Å². The minimum absolute atomic E-state index is 0.223. The second-order valence-corrected chi connectivity index (χ2v) is 6.62. The minimum atomic E-state index is -0.253. The summed E-state index contributed by atoms with van der Waals surface area (Å²) in [7, 11) is 0. The minimum Gasteiger partial charge on any atom is -0.472 e. The zero-order chi connectivity index (χ0) is 17.2. The van der Waals surface area contributed by atoms with Crippen LogP contribution in [-0.4, -0.2) is 28.2 Å². The lowest BCUT2D eigenvalue weighted by Crippen LogP contribution is -2.33. The molecule has 0 saturated carbocycles. The Morgan fingerprint density at radius 1 is 1.20 bits per heavy atom. The van der Waals surface area contributed by atoms with Crippen LogP contribution in [0.5, 0.6) is 0 Å². The van der Waals surface area contributed by atoms with Gasteiger partial charge in [0.25, 0.3) is 5.89 Å². The Labute approximate surface area is 149 Å². The van der Waals surface area contributed by atoms with E-state index in [1.807, 2.05) is 0 Å². The molecule has 1 saturated heterocycles. The SMILES string of the molecule is Fc1cccc(Cl)c1CN1CCC(c2nnc(-c3ccoc3)o2)CC1. The van der Waals surface area contributed by atoms with Crippen molar-refractivity contribution in [1.82, 2.24) is 15.1 Å². The van der Waals surface area contributed by atoms with Gasteiger partial charge in [0.15, 0.2) is 0 Å². The smallest absolute Gasteiger partial charge is 0.250 e. The van der Waals surface area contributed by atoms with Crippen molar-refractivity contribution in [3.05, 3.63) is 59.1 Å². The van der Waals surface area contributed by atoms with Gasteiger partial charge < -0.3 is 8.83 Å². The topological polar surface area (TPSA) is 55.3 Å². The van der Waals surface area contributed by atoms with Crippen molar-refractivity contribution in [2.45, 2.75) is 25.3 Å². The van der Waals surface area contributed by atoms with Crippen molar-refractivity contribution < 1.29 is 13.2 Å². The molecule has 0 bridgehead atoms. The normalized spacial score (nSPS) is 16.4. The van der Waals surface area contributed by atoms with Crippen LogP contribution < -0.4 is 0 Å². The second-order valence-electron chi connectivity index (χ2n) is 6.21. The van der Waals surface area contributed by atoms with Crippen LogP contribution in [0.1, 0.15) is 30.2 Å². The molecule has 3 aromatic rings. The molecule has 0 unspecified atom stereocenters. The fraction of sp³-hybridized carbons (Fsp3) is 0.333. The van der Waals surface area contributed by atoms with Crippen molar-refractivity contribution in [3.63, 3.8) is 0 Å². The van der Waals surface area contributed by atoms with E-state index >= 15 is 0 Å². The largest absolute Gasteiger partial charge is 0.472 e. The summed E-state index contributed by atoms with van der Waals surface area (Å²) >= 11 is 6.12. The Balaban J connectivity index is 1.39. The summed E-state index contributed by atoms with van der Waals surface area (Å²) in [5.74, 6) is 1.10. The van der Waals surface area contributed by atoms with Gasteiger partial charge in [-0.1, -0.05) is 17.7 Å². The van der Waals surface area contributed by atoms with Crippen LogP contribution >= 0.6 is 11.6 Å². The van der Waals surface area contributed by atoms with Crippen LogP contribution in [0.2, 0.25) is 5.02 Å². The number of halogens is 2. The highest BCUT2D eigenvalue weighted by molar-refractivity contribution is 6.31. The molecular weight excluding hydrogens is 345 g/mol. The summed E-state index contributed by atoms with van der Waals surface area (Å²) in [6, 6.07) is 6.59. The molecule has 2 aromatic heterocycles. The van der Waals surface area contributed by atoms with E-state index in [0.29, 0.717) is 28.9 Å². The predicted octanol–water partition coefficient (Wildman–Crippen LogP) is 4.50. The van der Waals surface area contributed by atoms with E-state index in [2.05, 4.69) is 15.1 Å². The summed E-state index contributed by atoms with van der Waals surface area (Å²) in [5, 5.41) is 8.74. The van der Waals surface area contributed by atoms with Gasteiger partial charge in [-0.05, 0) is 44.1 Å². The number of rotatable bonds is 4. The number of likely N-dealkylation sites (tertiary alicyclic amines) is 1. The summed E-state index contributed by atoms with van der Waals surface area (Å²) in [5.41, 5.74) is 1.34. The van der Waals surface area contributed by atoms with Crippen molar-refractivity contribution in [3.8, 4) is 11.5 Å². The molecule has 25 heavy (non-hydrogen) atoms. The predicted molar refractivity (Wildman–Crippen MR) is 90.7 cm³/mol. The molecule has 1 aromatic carbocycles. The maximum Gasteiger partial charge on any atom is 0.250 e. The number of piperidine rings is 1. The van der Waals surface area contributed by atoms with Crippen LogP contribution in [-0.2, 0) is 6.54 Å².